The minimum Gasteiger partial charge on any atom is -0.365 e. The van der Waals surface area contributed by atoms with Crippen LogP contribution in [0.1, 0.15) is 5.56 Å². The van der Waals surface area contributed by atoms with Gasteiger partial charge in [-0.15, -0.1) is 0 Å². The quantitative estimate of drug-likeness (QED) is 0.621. The van der Waals surface area contributed by atoms with E-state index in [2.05, 4.69) is 19.6 Å². The molecule has 0 unspecified atom stereocenters. The van der Waals surface area contributed by atoms with E-state index in [1.807, 2.05) is 0 Å². The van der Waals surface area contributed by atoms with E-state index >= 15 is 0 Å². The summed E-state index contributed by atoms with van der Waals surface area (Å²) in [4.78, 5) is 25.3. The molecule has 0 amide bonds. The van der Waals surface area contributed by atoms with Crippen LogP contribution in [0.4, 0.5) is 0 Å². The summed E-state index contributed by atoms with van der Waals surface area (Å²) >= 11 is 0. The van der Waals surface area contributed by atoms with E-state index in [9.17, 15) is 9.59 Å². The molecule has 2 heterocycles. The molecule has 14 heavy (non-hydrogen) atoms. The van der Waals surface area contributed by atoms with Gasteiger partial charge in [0.05, 0.1) is 6.20 Å². The third-order valence-electron chi connectivity index (χ3n) is 1.35. The summed E-state index contributed by atoms with van der Waals surface area (Å²) in [5, 5.41) is 3.35. The van der Waals surface area contributed by atoms with E-state index in [1.165, 1.54) is 12.5 Å². The highest BCUT2D eigenvalue weighted by Gasteiger charge is 1.88. The standard InChI is InChI=1S/C5H6N2O2.C3H3NO/c1-3-2-6-5(9)7-4(3)8;1-2-4-5-3-1/h2H,1H3,(H2,6,7,8,9);1-3H. The van der Waals surface area contributed by atoms with E-state index in [1.54, 1.807) is 19.2 Å². The van der Waals surface area contributed by atoms with Crippen LogP contribution in [0.15, 0.2) is 38.8 Å². The van der Waals surface area contributed by atoms with E-state index in [0.29, 0.717) is 5.56 Å². The summed E-state index contributed by atoms with van der Waals surface area (Å²) in [6, 6.07) is 1.72. The number of rotatable bonds is 0. The number of aryl methyl sites for hydroxylation is 1. The number of hydrogen-bond donors (Lipinski definition) is 2. The molecule has 2 N–H and O–H groups in total. The lowest BCUT2D eigenvalue weighted by molar-refractivity contribution is 0.420. The highest BCUT2D eigenvalue weighted by Crippen LogP contribution is 1.73. The minimum atomic E-state index is -0.467. The van der Waals surface area contributed by atoms with E-state index < -0.39 is 5.69 Å². The van der Waals surface area contributed by atoms with Gasteiger partial charge in [-0.2, -0.15) is 0 Å². The van der Waals surface area contributed by atoms with Crippen molar-refractivity contribution < 1.29 is 4.52 Å². The van der Waals surface area contributed by atoms with Crippen LogP contribution in [-0.4, -0.2) is 15.1 Å². The highest BCUT2D eigenvalue weighted by molar-refractivity contribution is 4.98. The Morgan fingerprint density at radius 2 is 2.21 bits per heavy atom. The molecule has 6 nitrogen and oxygen atoms in total. The maximum absolute atomic E-state index is 10.6. The van der Waals surface area contributed by atoms with Crippen molar-refractivity contribution in [3.05, 3.63) is 51.1 Å². The molecule has 0 saturated heterocycles. The Balaban J connectivity index is 0.000000165. The number of aromatic nitrogens is 3. The molecule has 0 bridgehead atoms. The number of H-pyrrole nitrogens is 2. The Kier molecular flexibility index (Phi) is 3.42. The van der Waals surface area contributed by atoms with Gasteiger partial charge in [0.15, 0.2) is 0 Å². The lowest BCUT2D eigenvalue weighted by Crippen LogP contribution is -2.22. The fourth-order valence-corrected chi connectivity index (χ4v) is 0.653. The van der Waals surface area contributed by atoms with Crippen LogP contribution in [-0.2, 0) is 0 Å². The number of aromatic amines is 2. The molecule has 0 saturated carbocycles. The maximum atomic E-state index is 10.6. The minimum absolute atomic E-state index is 0.334. The first-order valence-electron chi connectivity index (χ1n) is 3.83. The third-order valence-corrected chi connectivity index (χ3v) is 1.35. The molecular formula is C8H9N3O3. The van der Waals surface area contributed by atoms with Gasteiger partial charge in [0, 0.05) is 11.8 Å². The molecule has 2 rings (SSSR count). The lowest BCUT2D eigenvalue weighted by Gasteiger charge is -1.84. The molecule has 0 radical (unpaired) electrons. The molecule has 0 atom stereocenters. The summed E-state index contributed by atoms with van der Waals surface area (Å²) in [5.74, 6) is 0. The van der Waals surface area contributed by atoms with E-state index in [0.717, 1.165) is 0 Å². The Morgan fingerprint density at radius 3 is 2.57 bits per heavy atom. The second-order valence-corrected chi connectivity index (χ2v) is 2.44. The van der Waals surface area contributed by atoms with Crippen molar-refractivity contribution in [3.8, 4) is 0 Å². The smallest absolute Gasteiger partial charge is 0.325 e. The van der Waals surface area contributed by atoms with Gasteiger partial charge in [-0.05, 0) is 13.0 Å². The Bertz CT molecular complexity index is 452. The van der Waals surface area contributed by atoms with Crippen LogP contribution in [0.25, 0.3) is 0 Å². The zero-order chi connectivity index (χ0) is 10.4. The van der Waals surface area contributed by atoms with Crippen LogP contribution in [0.3, 0.4) is 0 Å². The van der Waals surface area contributed by atoms with Crippen molar-refractivity contribution in [2.45, 2.75) is 6.92 Å². The van der Waals surface area contributed by atoms with E-state index in [4.69, 9.17) is 0 Å². The first-order valence-corrected chi connectivity index (χ1v) is 3.83. The van der Waals surface area contributed by atoms with Crippen LogP contribution < -0.4 is 11.2 Å². The van der Waals surface area contributed by atoms with Crippen LogP contribution in [0.2, 0.25) is 0 Å². The second kappa shape index (κ2) is 4.80. The summed E-state index contributed by atoms with van der Waals surface area (Å²) in [7, 11) is 0. The van der Waals surface area contributed by atoms with Gasteiger partial charge in [-0.3, -0.25) is 9.78 Å². The SMILES string of the molecule is Cc1c[nH]c(=O)[nH]c1=O.c1cnoc1. The topological polar surface area (TPSA) is 91.8 Å². The third kappa shape index (κ3) is 3.10. The van der Waals surface area contributed by atoms with Gasteiger partial charge in [-0.25, -0.2) is 4.79 Å². The normalized spacial score (nSPS) is 8.93. The molecule has 0 spiro atoms. The van der Waals surface area contributed by atoms with Crippen LogP contribution in [0, 0.1) is 6.92 Å². The van der Waals surface area contributed by atoms with Gasteiger partial charge >= 0.3 is 5.69 Å². The fourth-order valence-electron chi connectivity index (χ4n) is 0.653. The number of hydrogen-bond acceptors (Lipinski definition) is 4. The van der Waals surface area contributed by atoms with Crippen LogP contribution in [0.5, 0.6) is 0 Å². The molecule has 0 fully saturated rings. The predicted molar refractivity (Wildman–Crippen MR) is 48.9 cm³/mol. The molecule has 0 aliphatic carbocycles. The van der Waals surface area contributed by atoms with E-state index in [-0.39, 0.29) is 5.56 Å². The summed E-state index contributed by atoms with van der Waals surface area (Å²) in [6.45, 7) is 1.62. The van der Waals surface area contributed by atoms with Crippen molar-refractivity contribution in [1.82, 2.24) is 15.1 Å². The van der Waals surface area contributed by atoms with Gasteiger partial charge in [0.1, 0.15) is 6.26 Å². The van der Waals surface area contributed by atoms with Crippen molar-refractivity contribution in [1.29, 1.82) is 0 Å². The van der Waals surface area contributed by atoms with Crippen molar-refractivity contribution in [2.75, 3.05) is 0 Å². The molecule has 2 aromatic heterocycles. The molecule has 74 valence electrons. The first kappa shape index (κ1) is 9.97. The van der Waals surface area contributed by atoms with Crippen molar-refractivity contribution >= 4 is 0 Å². The summed E-state index contributed by atoms with van der Waals surface area (Å²) in [6.07, 6.45) is 4.47. The number of nitrogens with zero attached hydrogens (tertiary/aromatic N) is 1. The Labute approximate surface area is 78.6 Å². The van der Waals surface area contributed by atoms with Gasteiger partial charge in [0.2, 0.25) is 0 Å². The largest absolute Gasteiger partial charge is 0.365 e. The molecule has 0 aromatic carbocycles. The molecule has 2 aromatic rings. The Morgan fingerprint density at radius 1 is 1.43 bits per heavy atom. The average molecular weight is 195 g/mol. The van der Waals surface area contributed by atoms with Crippen molar-refractivity contribution in [3.63, 3.8) is 0 Å². The van der Waals surface area contributed by atoms with Crippen LogP contribution >= 0.6 is 0 Å². The van der Waals surface area contributed by atoms with Crippen molar-refractivity contribution in [2.24, 2.45) is 0 Å². The van der Waals surface area contributed by atoms with Gasteiger partial charge in [-0.1, -0.05) is 5.16 Å². The molecule has 0 aliphatic heterocycles. The molecular weight excluding hydrogens is 186 g/mol. The summed E-state index contributed by atoms with van der Waals surface area (Å²) < 4.78 is 4.33. The second-order valence-electron chi connectivity index (χ2n) is 2.44. The lowest BCUT2D eigenvalue weighted by atomic mass is 10.4. The fraction of sp³-hybridized carbons (Fsp3) is 0.125. The Hall–Kier alpha value is -2.11. The maximum Gasteiger partial charge on any atom is 0.325 e. The predicted octanol–water partition coefficient (Wildman–Crippen LogP) is 0.0462. The zero-order valence-electron chi connectivity index (χ0n) is 7.48. The van der Waals surface area contributed by atoms with Gasteiger partial charge in [0.25, 0.3) is 5.56 Å². The summed E-state index contributed by atoms with van der Waals surface area (Å²) in [5.41, 5.74) is -0.293. The average Bonchev–Trinajstić information content (AvgIpc) is 2.69. The monoisotopic (exact) mass is 195 g/mol. The zero-order valence-corrected chi connectivity index (χ0v) is 7.48. The first-order chi connectivity index (χ1) is 6.70. The number of nitrogens with one attached hydrogen (secondary N) is 2. The van der Waals surface area contributed by atoms with Gasteiger partial charge < -0.3 is 9.51 Å². The molecule has 0 aliphatic rings. The molecule has 6 heteroatoms. The highest BCUT2D eigenvalue weighted by atomic mass is 16.5.